The average molecular weight is 280 g/mol. The lowest BCUT2D eigenvalue weighted by atomic mass is 9.97. The van der Waals surface area contributed by atoms with Crippen LogP contribution in [0.1, 0.15) is 50.5 Å². The number of aryl methyl sites for hydroxylation is 1. The van der Waals surface area contributed by atoms with Crippen LogP contribution in [0, 0.1) is 10.1 Å². The first-order valence-corrected chi connectivity index (χ1v) is 7.00. The van der Waals surface area contributed by atoms with Gasteiger partial charge in [0.05, 0.1) is 4.92 Å². The van der Waals surface area contributed by atoms with Gasteiger partial charge < -0.3 is 4.90 Å². The first kappa shape index (κ1) is 14.5. The second kappa shape index (κ2) is 5.60. The van der Waals surface area contributed by atoms with Gasteiger partial charge >= 0.3 is 5.69 Å². The molecular weight excluding hydrogens is 260 g/mol. The Morgan fingerprint density at radius 3 is 2.55 bits per heavy atom. The molecule has 1 saturated heterocycles. The van der Waals surface area contributed by atoms with E-state index < -0.39 is 4.92 Å². The number of carbonyl (C=O) groups is 1. The summed E-state index contributed by atoms with van der Waals surface area (Å²) in [4.78, 5) is 24.9. The van der Waals surface area contributed by atoms with Crippen molar-refractivity contribution in [2.45, 2.75) is 58.7 Å². The summed E-state index contributed by atoms with van der Waals surface area (Å²) in [7, 11) is 0. The van der Waals surface area contributed by atoms with Crippen molar-refractivity contribution in [3.63, 3.8) is 0 Å². The van der Waals surface area contributed by atoms with Crippen LogP contribution in [-0.2, 0) is 6.54 Å². The minimum Gasteiger partial charge on any atom is -0.332 e. The topological polar surface area (TPSA) is 81.3 Å². The minimum absolute atomic E-state index is 0.0440. The number of carbonyl (C=O) groups excluding carboxylic acids is 1. The summed E-state index contributed by atoms with van der Waals surface area (Å²) < 4.78 is 1.44. The highest BCUT2D eigenvalue weighted by atomic mass is 16.6. The van der Waals surface area contributed by atoms with Crippen LogP contribution in [0.4, 0.5) is 5.69 Å². The lowest BCUT2D eigenvalue weighted by Crippen LogP contribution is -2.47. The Labute approximate surface area is 117 Å². The van der Waals surface area contributed by atoms with E-state index in [4.69, 9.17) is 0 Å². The van der Waals surface area contributed by atoms with Gasteiger partial charge in [-0.2, -0.15) is 5.10 Å². The minimum atomic E-state index is -0.536. The molecule has 7 heteroatoms. The molecular formula is C13H20N4O3. The SMILES string of the molecule is CCn1cc([N+](=O)[O-])c(C(=O)N2[C@H](C)CCC[C@@H]2C)n1. The third kappa shape index (κ3) is 2.52. The van der Waals surface area contributed by atoms with Gasteiger partial charge in [-0.05, 0) is 40.0 Å². The summed E-state index contributed by atoms with van der Waals surface area (Å²) in [5.74, 6) is -0.330. The van der Waals surface area contributed by atoms with Gasteiger partial charge in [-0.25, -0.2) is 0 Å². The van der Waals surface area contributed by atoms with Crippen LogP contribution in [-0.4, -0.2) is 37.6 Å². The standard InChI is InChI=1S/C13H20N4O3/c1-4-15-8-11(17(19)20)12(14-15)13(18)16-9(2)6-5-7-10(16)3/h8-10H,4-7H2,1-3H3/t9-,10+. The Morgan fingerprint density at radius 1 is 1.45 bits per heavy atom. The van der Waals surface area contributed by atoms with Crippen LogP contribution in [0.3, 0.4) is 0 Å². The Hall–Kier alpha value is -1.92. The molecule has 1 aromatic heterocycles. The molecule has 0 saturated carbocycles. The van der Waals surface area contributed by atoms with E-state index in [0.29, 0.717) is 6.54 Å². The summed E-state index contributed by atoms with van der Waals surface area (Å²) in [6, 6.07) is 0.190. The molecule has 1 aliphatic rings. The number of amides is 1. The first-order chi connectivity index (χ1) is 9.45. The van der Waals surface area contributed by atoms with E-state index in [1.807, 2.05) is 20.8 Å². The fourth-order valence-corrected chi connectivity index (χ4v) is 2.80. The van der Waals surface area contributed by atoms with Crippen LogP contribution in [0.15, 0.2) is 6.20 Å². The molecule has 1 amide bonds. The van der Waals surface area contributed by atoms with E-state index in [2.05, 4.69) is 5.10 Å². The normalized spacial score (nSPS) is 22.9. The van der Waals surface area contributed by atoms with E-state index in [1.54, 1.807) is 4.90 Å². The number of hydrogen-bond acceptors (Lipinski definition) is 4. The highest BCUT2D eigenvalue weighted by Gasteiger charge is 2.35. The van der Waals surface area contributed by atoms with Gasteiger partial charge in [0.25, 0.3) is 5.91 Å². The smallest absolute Gasteiger partial charge is 0.320 e. The van der Waals surface area contributed by atoms with Crippen molar-refractivity contribution in [1.82, 2.24) is 14.7 Å². The molecule has 0 spiro atoms. The van der Waals surface area contributed by atoms with Gasteiger partial charge in [-0.1, -0.05) is 0 Å². The Morgan fingerprint density at radius 2 is 2.05 bits per heavy atom. The third-order valence-electron chi connectivity index (χ3n) is 3.89. The quantitative estimate of drug-likeness (QED) is 0.628. The lowest BCUT2D eigenvalue weighted by Gasteiger charge is -2.38. The second-order valence-electron chi connectivity index (χ2n) is 5.32. The summed E-state index contributed by atoms with van der Waals surface area (Å²) in [5, 5.41) is 15.2. The predicted molar refractivity (Wildman–Crippen MR) is 73.5 cm³/mol. The Kier molecular flexibility index (Phi) is 4.06. The molecule has 1 aromatic rings. The molecule has 1 fully saturated rings. The fourth-order valence-electron chi connectivity index (χ4n) is 2.80. The number of aromatic nitrogens is 2. The molecule has 2 heterocycles. The summed E-state index contributed by atoms with van der Waals surface area (Å²) in [6.07, 6.45) is 4.26. The molecule has 2 atom stereocenters. The van der Waals surface area contributed by atoms with Gasteiger partial charge in [0.2, 0.25) is 5.69 Å². The Balaban J connectivity index is 2.37. The summed E-state index contributed by atoms with van der Waals surface area (Å²) >= 11 is 0. The molecule has 2 rings (SSSR count). The van der Waals surface area contributed by atoms with Crippen molar-refractivity contribution in [3.8, 4) is 0 Å². The molecule has 0 aromatic carbocycles. The van der Waals surface area contributed by atoms with Crippen molar-refractivity contribution in [1.29, 1.82) is 0 Å². The zero-order valence-electron chi connectivity index (χ0n) is 12.1. The van der Waals surface area contributed by atoms with Crippen molar-refractivity contribution >= 4 is 11.6 Å². The van der Waals surface area contributed by atoms with Crippen LogP contribution < -0.4 is 0 Å². The highest BCUT2D eigenvalue weighted by molar-refractivity contribution is 5.96. The predicted octanol–water partition coefficient (Wildman–Crippen LogP) is 2.21. The molecule has 0 radical (unpaired) electrons. The van der Waals surface area contributed by atoms with E-state index in [0.717, 1.165) is 19.3 Å². The van der Waals surface area contributed by atoms with Crippen LogP contribution in [0.5, 0.6) is 0 Å². The summed E-state index contributed by atoms with van der Waals surface area (Å²) in [6.45, 7) is 6.29. The van der Waals surface area contributed by atoms with Gasteiger partial charge in [0, 0.05) is 18.6 Å². The van der Waals surface area contributed by atoms with Gasteiger partial charge in [-0.3, -0.25) is 19.6 Å². The van der Waals surface area contributed by atoms with Crippen molar-refractivity contribution < 1.29 is 9.72 Å². The Bertz CT molecular complexity index is 516. The largest absolute Gasteiger partial charge is 0.332 e. The van der Waals surface area contributed by atoms with Gasteiger partial charge in [0.1, 0.15) is 6.20 Å². The van der Waals surface area contributed by atoms with Crippen LogP contribution in [0.2, 0.25) is 0 Å². The molecule has 0 bridgehead atoms. The maximum absolute atomic E-state index is 12.6. The fraction of sp³-hybridized carbons (Fsp3) is 0.692. The molecule has 0 aliphatic carbocycles. The molecule has 110 valence electrons. The first-order valence-electron chi connectivity index (χ1n) is 7.00. The summed E-state index contributed by atoms with van der Waals surface area (Å²) in [5.41, 5.74) is -0.251. The second-order valence-corrected chi connectivity index (χ2v) is 5.32. The average Bonchev–Trinajstić information content (AvgIpc) is 2.82. The van der Waals surface area contributed by atoms with Gasteiger partial charge in [0.15, 0.2) is 0 Å². The van der Waals surface area contributed by atoms with E-state index in [9.17, 15) is 14.9 Å². The number of rotatable bonds is 3. The van der Waals surface area contributed by atoms with Crippen LogP contribution >= 0.6 is 0 Å². The number of piperidine rings is 1. The van der Waals surface area contributed by atoms with E-state index in [1.165, 1.54) is 10.9 Å². The number of hydrogen-bond donors (Lipinski definition) is 0. The van der Waals surface area contributed by atoms with Crippen LogP contribution in [0.25, 0.3) is 0 Å². The van der Waals surface area contributed by atoms with Gasteiger partial charge in [-0.15, -0.1) is 0 Å². The highest BCUT2D eigenvalue weighted by Crippen LogP contribution is 2.27. The van der Waals surface area contributed by atoms with E-state index >= 15 is 0 Å². The molecule has 0 unspecified atom stereocenters. The number of nitro groups is 1. The van der Waals surface area contributed by atoms with E-state index in [-0.39, 0.29) is 29.4 Å². The zero-order chi connectivity index (χ0) is 14.9. The molecule has 7 nitrogen and oxygen atoms in total. The lowest BCUT2D eigenvalue weighted by molar-refractivity contribution is -0.385. The molecule has 20 heavy (non-hydrogen) atoms. The third-order valence-corrected chi connectivity index (χ3v) is 3.89. The maximum Gasteiger partial charge on any atom is 0.320 e. The molecule has 1 aliphatic heterocycles. The van der Waals surface area contributed by atoms with Crippen molar-refractivity contribution in [3.05, 3.63) is 22.0 Å². The molecule has 0 N–H and O–H groups in total. The van der Waals surface area contributed by atoms with Crippen molar-refractivity contribution in [2.24, 2.45) is 0 Å². The number of likely N-dealkylation sites (tertiary alicyclic amines) is 1. The zero-order valence-corrected chi connectivity index (χ0v) is 12.1. The maximum atomic E-state index is 12.6. The monoisotopic (exact) mass is 280 g/mol. The number of nitrogens with zero attached hydrogens (tertiary/aromatic N) is 4. The van der Waals surface area contributed by atoms with Crippen molar-refractivity contribution in [2.75, 3.05) is 0 Å².